The van der Waals surface area contributed by atoms with Crippen molar-refractivity contribution in [3.05, 3.63) is 9.47 Å². The largest absolute Gasteiger partial charge is 0.207 e. The number of rotatable bonds is 1. The van der Waals surface area contributed by atoms with Gasteiger partial charge in [0.15, 0.2) is 0 Å². The second-order valence-electron chi connectivity index (χ2n) is 3.63. The van der Waals surface area contributed by atoms with E-state index in [4.69, 9.17) is 11.6 Å². The lowest BCUT2D eigenvalue weighted by Gasteiger charge is -2.18. The van der Waals surface area contributed by atoms with Crippen molar-refractivity contribution in [3.63, 3.8) is 0 Å². The van der Waals surface area contributed by atoms with Gasteiger partial charge in [-0.2, -0.15) is 0 Å². The van der Waals surface area contributed by atoms with Crippen LogP contribution in [-0.4, -0.2) is 10.2 Å². The molecule has 1 aromatic rings. The molecule has 0 saturated heterocycles. The third kappa shape index (κ3) is 1.36. The molecule has 2 rings (SSSR count). The minimum absolute atomic E-state index is 0.269. The molecule has 1 fully saturated rings. The Bertz CT molecular complexity index is 278. The first-order valence-electron chi connectivity index (χ1n) is 4.20. The van der Waals surface area contributed by atoms with Gasteiger partial charge in [-0.3, -0.25) is 0 Å². The summed E-state index contributed by atoms with van der Waals surface area (Å²) in [7, 11) is 0. The average Bonchev–Trinajstić information content (AvgIpc) is 2.59. The van der Waals surface area contributed by atoms with Gasteiger partial charge in [0.05, 0.1) is 0 Å². The highest BCUT2D eigenvalue weighted by atomic mass is 35.5. The lowest BCUT2D eigenvalue weighted by molar-refractivity contribution is 0.484. The van der Waals surface area contributed by atoms with E-state index in [2.05, 4.69) is 17.1 Å². The molecule has 0 radical (unpaired) electrons. The van der Waals surface area contributed by atoms with Crippen molar-refractivity contribution in [1.29, 1.82) is 0 Å². The molecular weight excluding hydrogens is 192 g/mol. The molecule has 4 heteroatoms. The third-order valence-corrected chi connectivity index (χ3v) is 3.95. The predicted molar refractivity (Wildman–Crippen MR) is 50.7 cm³/mol. The topological polar surface area (TPSA) is 25.8 Å². The van der Waals surface area contributed by atoms with Crippen molar-refractivity contribution in [2.24, 2.45) is 0 Å². The van der Waals surface area contributed by atoms with Crippen LogP contribution >= 0.6 is 22.9 Å². The van der Waals surface area contributed by atoms with Crippen LogP contribution in [0.1, 0.15) is 37.6 Å². The van der Waals surface area contributed by atoms with Crippen LogP contribution in [-0.2, 0) is 5.41 Å². The van der Waals surface area contributed by atoms with E-state index in [0.29, 0.717) is 4.47 Å². The number of nitrogens with zero attached hydrogens (tertiary/aromatic N) is 2. The summed E-state index contributed by atoms with van der Waals surface area (Å²) < 4.78 is 0.568. The molecule has 12 heavy (non-hydrogen) atoms. The van der Waals surface area contributed by atoms with E-state index in [0.717, 1.165) is 5.01 Å². The number of halogens is 1. The fourth-order valence-electron chi connectivity index (χ4n) is 1.82. The van der Waals surface area contributed by atoms with Gasteiger partial charge in [0.25, 0.3) is 0 Å². The first-order valence-corrected chi connectivity index (χ1v) is 5.40. The van der Waals surface area contributed by atoms with Gasteiger partial charge in [-0.05, 0) is 24.4 Å². The molecule has 1 aromatic heterocycles. The van der Waals surface area contributed by atoms with Crippen LogP contribution in [0.15, 0.2) is 0 Å². The van der Waals surface area contributed by atoms with Crippen molar-refractivity contribution in [1.82, 2.24) is 10.2 Å². The van der Waals surface area contributed by atoms with E-state index >= 15 is 0 Å². The molecule has 0 atom stereocenters. The maximum Gasteiger partial charge on any atom is 0.207 e. The fourth-order valence-corrected chi connectivity index (χ4v) is 2.85. The summed E-state index contributed by atoms with van der Waals surface area (Å²) in [4.78, 5) is 0. The second-order valence-corrected chi connectivity index (χ2v) is 5.19. The summed E-state index contributed by atoms with van der Waals surface area (Å²) in [6, 6.07) is 0. The zero-order valence-corrected chi connectivity index (χ0v) is 8.58. The maximum absolute atomic E-state index is 5.75. The molecule has 1 heterocycles. The van der Waals surface area contributed by atoms with Crippen molar-refractivity contribution in [2.45, 2.75) is 38.0 Å². The molecule has 1 aliphatic carbocycles. The lowest BCUT2D eigenvalue weighted by Crippen LogP contribution is -2.16. The van der Waals surface area contributed by atoms with E-state index in [-0.39, 0.29) is 5.41 Å². The monoisotopic (exact) mass is 202 g/mol. The molecule has 0 aromatic carbocycles. The molecule has 0 spiro atoms. The fraction of sp³-hybridized carbons (Fsp3) is 0.750. The van der Waals surface area contributed by atoms with Gasteiger partial charge in [-0.25, -0.2) is 0 Å². The molecule has 0 N–H and O–H groups in total. The van der Waals surface area contributed by atoms with Gasteiger partial charge in [0.1, 0.15) is 5.01 Å². The maximum atomic E-state index is 5.75. The van der Waals surface area contributed by atoms with Gasteiger partial charge in [0, 0.05) is 5.41 Å². The lowest BCUT2D eigenvalue weighted by atomic mass is 9.90. The highest BCUT2D eigenvalue weighted by Gasteiger charge is 2.33. The Morgan fingerprint density at radius 2 is 2.00 bits per heavy atom. The highest BCUT2D eigenvalue weighted by Crippen LogP contribution is 2.42. The summed E-state index contributed by atoms with van der Waals surface area (Å²) in [6.07, 6.45) is 5.10. The summed E-state index contributed by atoms with van der Waals surface area (Å²) in [5.41, 5.74) is 0.269. The van der Waals surface area contributed by atoms with Crippen molar-refractivity contribution >= 4 is 22.9 Å². The summed E-state index contributed by atoms with van der Waals surface area (Å²) >= 11 is 7.27. The van der Waals surface area contributed by atoms with Crippen LogP contribution in [0.2, 0.25) is 4.47 Å². The standard InChI is InChI=1S/C8H11ClN2S/c1-8(4-2-3-5-8)6-10-11-7(9)12-6/h2-5H2,1H3. The quantitative estimate of drug-likeness (QED) is 0.700. The average molecular weight is 203 g/mol. The normalized spacial score (nSPS) is 21.5. The second kappa shape index (κ2) is 2.96. The molecule has 1 aliphatic rings. The Balaban J connectivity index is 2.28. The van der Waals surface area contributed by atoms with E-state index in [1.54, 1.807) is 0 Å². The van der Waals surface area contributed by atoms with Gasteiger partial charge in [0.2, 0.25) is 4.47 Å². The zero-order chi connectivity index (χ0) is 8.60. The molecule has 1 saturated carbocycles. The van der Waals surface area contributed by atoms with Gasteiger partial charge >= 0.3 is 0 Å². The van der Waals surface area contributed by atoms with Gasteiger partial charge < -0.3 is 0 Å². The number of aromatic nitrogens is 2. The molecule has 0 amide bonds. The SMILES string of the molecule is CC1(c2nnc(Cl)s2)CCCC1. The minimum Gasteiger partial charge on any atom is -0.142 e. The smallest absolute Gasteiger partial charge is 0.142 e. The molecule has 66 valence electrons. The van der Waals surface area contributed by atoms with Crippen LogP contribution < -0.4 is 0 Å². The van der Waals surface area contributed by atoms with E-state index in [1.165, 1.54) is 37.0 Å². The first-order chi connectivity index (χ1) is 5.71. The number of hydrogen-bond donors (Lipinski definition) is 0. The Morgan fingerprint density at radius 3 is 2.50 bits per heavy atom. The van der Waals surface area contributed by atoms with E-state index in [1.807, 2.05) is 0 Å². The Morgan fingerprint density at radius 1 is 1.33 bits per heavy atom. The predicted octanol–water partition coefficient (Wildman–Crippen LogP) is 3.02. The van der Waals surface area contributed by atoms with Crippen molar-refractivity contribution < 1.29 is 0 Å². The van der Waals surface area contributed by atoms with Crippen LogP contribution in [0.25, 0.3) is 0 Å². The first kappa shape index (κ1) is 8.45. The summed E-state index contributed by atoms with van der Waals surface area (Å²) in [6.45, 7) is 2.26. The summed E-state index contributed by atoms with van der Waals surface area (Å²) in [5, 5.41) is 9.06. The van der Waals surface area contributed by atoms with Crippen LogP contribution in [0.4, 0.5) is 0 Å². The van der Waals surface area contributed by atoms with Gasteiger partial charge in [-0.1, -0.05) is 31.1 Å². The van der Waals surface area contributed by atoms with E-state index in [9.17, 15) is 0 Å². The van der Waals surface area contributed by atoms with Crippen LogP contribution in [0, 0.1) is 0 Å². The van der Waals surface area contributed by atoms with Crippen molar-refractivity contribution in [3.8, 4) is 0 Å². The molecule has 0 aliphatic heterocycles. The Labute approximate surface area is 81.0 Å². The van der Waals surface area contributed by atoms with E-state index < -0.39 is 0 Å². The summed E-state index contributed by atoms with van der Waals surface area (Å²) in [5.74, 6) is 0. The van der Waals surface area contributed by atoms with Gasteiger partial charge in [-0.15, -0.1) is 10.2 Å². The molecular formula is C8H11ClN2S. The van der Waals surface area contributed by atoms with Crippen LogP contribution in [0.5, 0.6) is 0 Å². The minimum atomic E-state index is 0.269. The highest BCUT2D eigenvalue weighted by molar-refractivity contribution is 7.15. The molecule has 2 nitrogen and oxygen atoms in total. The number of hydrogen-bond acceptors (Lipinski definition) is 3. The van der Waals surface area contributed by atoms with Crippen molar-refractivity contribution in [2.75, 3.05) is 0 Å². The zero-order valence-electron chi connectivity index (χ0n) is 7.01. The van der Waals surface area contributed by atoms with Crippen LogP contribution in [0.3, 0.4) is 0 Å². The third-order valence-electron chi connectivity index (χ3n) is 2.62. The molecule has 0 bridgehead atoms. The molecule has 0 unspecified atom stereocenters. The Kier molecular flexibility index (Phi) is 2.09. The Hall–Kier alpha value is -0.150.